The Bertz CT molecular complexity index is 1410. The minimum atomic E-state index is -0.415. The lowest BCUT2D eigenvalue weighted by molar-refractivity contribution is 0.385. The summed E-state index contributed by atoms with van der Waals surface area (Å²) in [7, 11) is 0. The van der Waals surface area contributed by atoms with Crippen LogP contribution in [0.4, 0.5) is 0 Å². The summed E-state index contributed by atoms with van der Waals surface area (Å²) in [5, 5.41) is 25.3. The summed E-state index contributed by atoms with van der Waals surface area (Å²) in [5.41, 5.74) is 3.43. The fourth-order valence-electron chi connectivity index (χ4n) is 3.56. The summed E-state index contributed by atoms with van der Waals surface area (Å²) in [4.78, 5) is 13.7. The van der Waals surface area contributed by atoms with Gasteiger partial charge in [-0.25, -0.2) is 4.68 Å². The lowest BCUT2D eigenvalue weighted by Gasteiger charge is -2.20. The minimum absolute atomic E-state index is 0.134. The number of nitrogens with one attached hydrogen (secondary N) is 2. The van der Waals surface area contributed by atoms with E-state index in [4.69, 9.17) is 11.6 Å². The van der Waals surface area contributed by atoms with E-state index in [1.165, 1.54) is 4.68 Å². The van der Waals surface area contributed by atoms with Crippen molar-refractivity contribution in [3.05, 3.63) is 104 Å². The third kappa shape index (κ3) is 3.88. The van der Waals surface area contributed by atoms with Crippen LogP contribution in [0.2, 0.25) is 5.02 Å². The molecule has 5 rings (SSSR count). The van der Waals surface area contributed by atoms with Crippen LogP contribution in [0.25, 0.3) is 11.1 Å². The van der Waals surface area contributed by atoms with E-state index in [0.29, 0.717) is 9.92 Å². The molecule has 5 aromatic rings. The Morgan fingerprint density at radius 3 is 2.72 bits per heavy atom. The van der Waals surface area contributed by atoms with Crippen LogP contribution in [0.3, 0.4) is 0 Å². The van der Waals surface area contributed by atoms with Crippen molar-refractivity contribution in [1.82, 2.24) is 20.0 Å². The molecule has 0 saturated heterocycles. The van der Waals surface area contributed by atoms with Crippen LogP contribution in [0.15, 0.2) is 92.3 Å². The second kappa shape index (κ2) is 8.74. The summed E-state index contributed by atoms with van der Waals surface area (Å²) in [6.07, 6.45) is 3.58. The molecule has 6 nitrogen and oxygen atoms in total. The van der Waals surface area contributed by atoms with Crippen molar-refractivity contribution in [2.75, 3.05) is 0 Å². The number of aromatic hydroxyl groups is 1. The van der Waals surface area contributed by atoms with Crippen LogP contribution in [0.1, 0.15) is 17.2 Å². The number of halogens is 1. The van der Waals surface area contributed by atoms with Crippen LogP contribution >= 0.6 is 34.7 Å². The van der Waals surface area contributed by atoms with E-state index in [1.807, 2.05) is 65.5 Å². The molecule has 2 aromatic carbocycles. The molecule has 3 heterocycles. The lowest BCUT2D eigenvalue weighted by atomic mass is 9.97. The van der Waals surface area contributed by atoms with E-state index in [2.05, 4.69) is 15.3 Å². The molecule has 0 fully saturated rings. The molecule has 0 aliphatic rings. The molecule has 0 radical (unpaired) electrons. The zero-order chi connectivity index (χ0) is 22.1. The molecule has 9 heteroatoms. The van der Waals surface area contributed by atoms with Gasteiger partial charge >= 0.3 is 0 Å². The van der Waals surface area contributed by atoms with Crippen LogP contribution in [-0.2, 0) is 0 Å². The zero-order valence-electron chi connectivity index (χ0n) is 16.5. The summed E-state index contributed by atoms with van der Waals surface area (Å²) >= 11 is 8.96. The molecule has 3 N–H and O–H groups in total. The number of rotatable bonds is 6. The molecule has 0 aliphatic carbocycles. The molecule has 0 aliphatic heterocycles. The molecule has 160 valence electrons. The SMILES string of the molecule is O=c1[nH]n(C(c2ccsc2)c2cccc(-c3cn[nH]c3)c2)c(O)c1Sc1ccccc1Cl. The normalized spacial score (nSPS) is 12.2. The third-order valence-electron chi connectivity index (χ3n) is 5.06. The zero-order valence-corrected chi connectivity index (χ0v) is 18.9. The number of aromatic amines is 2. The fraction of sp³-hybridized carbons (Fsp3) is 0.0435. The lowest BCUT2D eigenvalue weighted by Crippen LogP contribution is -2.15. The molecule has 32 heavy (non-hydrogen) atoms. The molecule has 3 aromatic heterocycles. The Labute approximate surface area is 196 Å². The van der Waals surface area contributed by atoms with E-state index in [9.17, 15) is 9.90 Å². The predicted molar refractivity (Wildman–Crippen MR) is 128 cm³/mol. The van der Waals surface area contributed by atoms with Crippen molar-refractivity contribution in [3.63, 3.8) is 0 Å². The molecule has 1 unspecified atom stereocenters. The average molecular weight is 481 g/mol. The first-order valence-electron chi connectivity index (χ1n) is 9.69. The molecule has 1 atom stereocenters. The van der Waals surface area contributed by atoms with Gasteiger partial charge in [-0.15, -0.1) is 0 Å². The van der Waals surface area contributed by atoms with Crippen molar-refractivity contribution in [1.29, 1.82) is 0 Å². The number of benzene rings is 2. The molecule has 0 spiro atoms. The maximum Gasteiger partial charge on any atom is 0.282 e. The van der Waals surface area contributed by atoms with Gasteiger partial charge < -0.3 is 5.11 Å². The summed E-state index contributed by atoms with van der Waals surface area (Å²) < 4.78 is 1.51. The van der Waals surface area contributed by atoms with E-state index in [-0.39, 0.29) is 16.3 Å². The van der Waals surface area contributed by atoms with Gasteiger partial charge in [0, 0.05) is 16.7 Å². The number of thiophene rings is 1. The number of nitrogens with zero attached hydrogens (tertiary/aromatic N) is 2. The maximum atomic E-state index is 12.8. The highest BCUT2D eigenvalue weighted by molar-refractivity contribution is 7.99. The van der Waals surface area contributed by atoms with E-state index in [0.717, 1.165) is 34.0 Å². The topological polar surface area (TPSA) is 86.7 Å². The van der Waals surface area contributed by atoms with Crippen LogP contribution in [0.5, 0.6) is 5.88 Å². The van der Waals surface area contributed by atoms with E-state index < -0.39 is 6.04 Å². The first-order valence-corrected chi connectivity index (χ1v) is 11.8. The van der Waals surface area contributed by atoms with Gasteiger partial charge in [0.2, 0.25) is 5.88 Å². The quantitative estimate of drug-likeness (QED) is 0.287. The van der Waals surface area contributed by atoms with E-state index >= 15 is 0 Å². The number of hydrogen-bond acceptors (Lipinski definition) is 5. The van der Waals surface area contributed by atoms with Crippen LogP contribution in [0, 0.1) is 0 Å². The Kier molecular flexibility index (Phi) is 5.65. The second-order valence-electron chi connectivity index (χ2n) is 7.07. The van der Waals surface area contributed by atoms with Gasteiger partial charge in [0.25, 0.3) is 5.56 Å². The Morgan fingerprint density at radius 1 is 1.09 bits per heavy atom. The first kappa shape index (κ1) is 20.7. The van der Waals surface area contributed by atoms with Gasteiger partial charge in [-0.3, -0.25) is 15.0 Å². The molecule has 0 saturated carbocycles. The highest BCUT2D eigenvalue weighted by atomic mass is 35.5. The van der Waals surface area contributed by atoms with Crippen molar-refractivity contribution >= 4 is 34.7 Å². The van der Waals surface area contributed by atoms with Gasteiger partial charge in [-0.05, 0) is 51.7 Å². The fourth-order valence-corrected chi connectivity index (χ4v) is 5.35. The van der Waals surface area contributed by atoms with Crippen LogP contribution in [-0.4, -0.2) is 25.1 Å². The highest BCUT2D eigenvalue weighted by Gasteiger charge is 2.25. The summed E-state index contributed by atoms with van der Waals surface area (Å²) in [5.74, 6) is -0.134. The largest absolute Gasteiger partial charge is 0.493 e. The first-order chi connectivity index (χ1) is 15.6. The molecular weight excluding hydrogens is 464 g/mol. The number of H-pyrrole nitrogens is 2. The van der Waals surface area contributed by atoms with Crippen molar-refractivity contribution in [2.24, 2.45) is 0 Å². The highest BCUT2D eigenvalue weighted by Crippen LogP contribution is 2.39. The Balaban J connectivity index is 1.61. The number of hydrogen-bond donors (Lipinski definition) is 3. The standard InChI is InChI=1S/C23H17ClN4O2S2/c24-18-6-1-2-7-19(18)32-21-22(29)27-28(23(21)30)20(16-8-9-31-13-16)15-5-3-4-14(10-15)17-11-25-26-12-17/h1-13,20,30H,(H,25,26)(H,27,29). The van der Waals surface area contributed by atoms with Crippen LogP contribution < -0.4 is 5.56 Å². The number of aromatic nitrogens is 4. The van der Waals surface area contributed by atoms with E-state index in [1.54, 1.807) is 23.6 Å². The average Bonchev–Trinajstić information content (AvgIpc) is 3.56. The van der Waals surface area contributed by atoms with Gasteiger partial charge in [0.1, 0.15) is 10.9 Å². The molecular formula is C23H17ClN4O2S2. The van der Waals surface area contributed by atoms with Gasteiger partial charge in [-0.2, -0.15) is 16.4 Å². The second-order valence-corrected chi connectivity index (χ2v) is 9.31. The van der Waals surface area contributed by atoms with Crippen molar-refractivity contribution in [2.45, 2.75) is 15.8 Å². The minimum Gasteiger partial charge on any atom is -0.493 e. The Hall–Kier alpha value is -3.20. The molecule has 0 bridgehead atoms. The Morgan fingerprint density at radius 2 is 1.97 bits per heavy atom. The third-order valence-corrected chi connectivity index (χ3v) is 7.35. The van der Waals surface area contributed by atoms with Crippen molar-refractivity contribution < 1.29 is 5.11 Å². The monoisotopic (exact) mass is 480 g/mol. The van der Waals surface area contributed by atoms with Gasteiger partial charge in [0.15, 0.2) is 0 Å². The maximum absolute atomic E-state index is 12.8. The summed E-state index contributed by atoms with van der Waals surface area (Å²) in [6, 6.07) is 16.8. The van der Waals surface area contributed by atoms with Gasteiger partial charge in [-0.1, -0.05) is 53.7 Å². The summed E-state index contributed by atoms with van der Waals surface area (Å²) in [6.45, 7) is 0. The van der Waals surface area contributed by atoms with Gasteiger partial charge in [0.05, 0.1) is 11.2 Å². The van der Waals surface area contributed by atoms with Crippen molar-refractivity contribution in [3.8, 4) is 17.0 Å². The smallest absolute Gasteiger partial charge is 0.282 e. The molecule has 0 amide bonds. The predicted octanol–water partition coefficient (Wildman–Crippen LogP) is 5.78.